The van der Waals surface area contributed by atoms with Gasteiger partial charge in [0.1, 0.15) is 0 Å². The molecular weight excluding hydrogens is 283 g/mol. The Bertz CT molecular complexity index is 553. The SMILES string of the molecule is O=C(Cc1c(Cl)cccc1Cl)NCc1cccnc1. The largest absolute Gasteiger partial charge is 0.352 e. The van der Waals surface area contributed by atoms with E-state index in [0.29, 0.717) is 22.2 Å². The first-order chi connectivity index (χ1) is 9.16. The van der Waals surface area contributed by atoms with Gasteiger partial charge in [-0.25, -0.2) is 0 Å². The number of nitrogens with one attached hydrogen (secondary N) is 1. The summed E-state index contributed by atoms with van der Waals surface area (Å²) in [5.41, 5.74) is 1.59. The van der Waals surface area contributed by atoms with Crippen molar-refractivity contribution in [2.75, 3.05) is 0 Å². The molecule has 2 rings (SSSR count). The van der Waals surface area contributed by atoms with Crippen LogP contribution in [0.15, 0.2) is 42.7 Å². The number of nitrogens with zero attached hydrogens (tertiary/aromatic N) is 1. The predicted octanol–water partition coefficient (Wildman–Crippen LogP) is 3.25. The highest BCUT2D eigenvalue weighted by atomic mass is 35.5. The quantitative estimate of drug-likeness (QED) is 0.940. The third-order valence-corrected chi connectivity index (χ3v) is 3.32. The fourth-order valence-corrected chi connectivity index (χ4v) is 2.16. The molecule has 0 saturated carbocycles. The van der Waals surface area contributed by atoms with Crippen molar-refractivity contribution in [2.24, 2.45) is 0 Å². The van der Waals surface area contributed by atoms with Gasteiger partial charge in [0.15, 0.2) is 0 Å². The van der Waals surface area contributed by atoms with Gasteiger partial charge in [0.2, 0.25) is 5.91 Å². The molecule has 2 aromatic rings. The zero-order chi connectivity index (χ0) is 13.7. The number of rotatable bonds is 4. The van der Waals surface area contributed by atoms with E-state index in [1.807, 2.05) is 12.1 Å². The van der Waals surface area contributed by atoms with Crippen LogP contribution in [0.5, 0.6) is 0 Å². The van der Waals surface area contributed by atoms with Crippen LogP contribution < -0.4 is 5.32 Å². The molecule has 0 spiro atoms. The summed E-state index contributed by atoms with van der Waals surface area (Å²) in [5, 5.41) is 3.81. The number of benzene rings is 1. The van der Waals surface area contributed by atoms with Gasteiger partial charge in [-0.3, -0.25) is 9.78 Å². The van der Waals surface area contributed by atoms with E-state index < -0.39 is 0 Å². The van der Waals surface area contributed by atoms with Crippen LogP contribution in [0.25, 0.3) is 0 Å². The minimum Gasteiger partial charge on any atom is -0.352 e. The Labute approximate surface area is 121 Å². The molecule has 0 unspecified atom stereocenters. The number of amides is 1. The van der Waals surface area contributed by atoms with E-state index in [9.17, 15) is 4.79 Å². The van der Waals surface area contributed by atoms with Crippen molar-refractivity contribution >= 4 is 29.1 Å². The molecule has 0 aliphatic carbocycles. The van der Waals surface area contributed by atoms with Gasteiger partial charge in [0.05, 0.1) is 6.42 Å². The van der Waals surface area contributed by atoms with E-state index >= 15 is 0 Å². The first-order valence-electron chi connectivity index (χ1n) is 5.75. The van der Waals surface area contributed by atoms with Gasteiger partial charge in [-0.1, -0.05) is 35.3 Å². The van der Waals surface area contributed by atoms with Crippen molar-refractivity contribution in [3.05, 3.63) is 63.9 Å². The summed E-state index contributed by atoms with van der Waals surface area (Å²) in [6.45, 7) is 0.439. The summed E-state index contributed by atoms with van der Waals surface area (Å²) in [7, 11) is 0. The molecule has 19 heavy (non-hydrogen) atoms. The number of halogens is 2. The first kappa shape index (κ1) is 13.8. The Morgan fingerprint density at radius 2 is 1.89 bits per heavy atom. The van der Waals surface area contributed by atoms with Crippen LogP contribution in [-0.4, -0.2) is 10.9 Å². The molecule has 1 heterocycles. The van der Waals surface area contributed by atoms with E-state index in [1.165, 1.54) is 0 Å². The summed E-state index contributed by atoms with van der Waals surface area (Å²) >= 11 is 12.0. The smallest absolute Gasteiger partial charge is 0.224 e. The second kappa shape index (κ2) is 6.55. The van der Waals surface area contributed by atoms with E-state index in [2.05, 4.69) is 10.3 Å². The maximum atomic E-state index is 11.8. The Morgan fingerprint density at radius 3 is 2.53 bits per heavy atom. The van der Waals surface area contributed by atoms with Crippen LogP contribution in [-0.2, 0) is 17.8 Å². The average molecular weight is 295 g/mol. The molecule has 0 saturated heterocycles. The number of carbonyl (C=O) groups is 1. The topological polar surface area (TPSA) is 42.0 Å². The molecule has 98 valence electrons. The van der Waals surface area contributed by atoms with Gasteiger partial charge >= 0.3 is 0 Å². The van der Waals surface area contributed by atoms with Crippen molar-refractivity contribution < 1.29 is 4.79 Å². The maximum Gasteiger partial charge on any atom is 0.224 e. The molecule has 0 atom stereocenters. The summed E-state index contributed by atoms with van der Waals surface area (Å²) in [6, 6.07) is 8.91. The molecule has 1 N–H and O–H groups in total. The molecule has 0 aliphatic rings. The Morgan fingerprint density at radius 1 is 1.16 bits per heavy atom. The first-order valence-corrected chi connectivity index (χ1v) is 6.51. The fraction of sp³-hybridized carbons (Fsp3) is 0.143. The lowest BCUT2D eigenvalue weighted by atomic mass is 10.1. The Balaban J connectivity index is 1.95. The van der Waals surface area contributed by atoms with E-state index in [0.717, 1.165) is 5.56 Å². The minimum absolute atomic E-state index is 0.126. The highest BCUT2D eigenvalue weighted by molar-refractivity contribution is 6.36. The van der Waals surface area contributed by atoms with Crippen LogP contribution in [0.3, 0.4) is 0 Å². The number of carbonyl (C=O) groups excluding carboxylic acids is 1. The lowest BCUT2D eigenvalue weighted by Crippen LogP contribution is -2.24. The molecule has 5 heteroatoms. The van der Waals surface area contributed by atoms with Crippen molar-refractivity contribution in [1.29, 1.82) is 0 Å². The molecule has 0 aliphatic heterocycles. The normalized spacial score (nSPS) is 10.2. The highest BCUT2D eigenvalue weighted by Crippen LogP contribution is 2.24. The van der Waals surface area contributed by atoms with Crippen LogP contribution in [0.2, 0.25) is 10.0 Å². The lowest BCUT2D eigenvalue weighted by Gasteiger charge is -2.08. The van der Waals surface area contributed by atoms with Crippen molar-refractivity contribution in [3.8, 4) is 0 Å². The molecule has 0 bridgehead atoms. The van der Waals surface area contributed by atoms with Gasteiger partial charge in [-0.2, -0.15) is 0 Å². The van der Waals surface area contributed by atoms with Gasteiger partial charge in [0, 0.05) is 29.0 Å². The zero-order valence-electron chi connectivity index (χ0n) is 10.1. The number of hydrogen-bond donors (Lipinski definition) is 1. The number of hydrogen-bond acceptors (Lipinski definition) is 2. The van der Waals surface area contributed by atoms with Gasteiger partial charge in [-0.05, 0) is 29.3 Å². The van der Waals surface area contributed by atoms with E-state index in [1.54, 1.807) is 30.6 Å². The third-order valence-electron chi connectivity index (χ3n) is 2.61. The molecule has 1 aromatic heterocycles. The monoisotopic (exact) mass is 294 g/mol. The van der Waals surface area contributed by atoms with Crippen LogP contribution in [0, 0.1) is 0 Å². The van der Waals surface area contributed by atoms with Crippen LogP contribution >= 0.6 is 23.2 Å². The molecule has 1 amide bonds. The van der Waals surface area contributed by atoms with E-state index in [4.69, 9.17) is 23.2 Å². The lowest BCUT2D eigenvalue weighted by molar-refractivity contribution is -0.120. The van der Waals surface area contributed by atoms with Gasteiger partial charge in [-0.15, -0.1) is 0 Å². The summed E-state index contributed by atoms with van der Waals surface area (Å²) in [6.07, 6.45) is 3.57. The Hall–Kier alpha value is -1.58. The second-order valence-corrected chi connectivity index (χ2v) is 4.83. The fourth-order valence-electron chi connectivity index (χ4n) is 1.63. The molecule has 3 nitrogen and oxygen atoms in total. The highest BCUT2D eigenvalue weighted by Gasteiger charge is 2.10. The van der Waals surface area contributed by atoms with Crippen LogP contribution in [0.1, 0.15) is 11.1 Å². The number of pyridine rings is 1. The average Bonchev–Trinajstić information content (AvgIpc) is 2.42. The third kappa shape index (κ3) is 3.94. The maximum absolute atomic E-state index is 11.8. The molecule has 0 fully saturated rings. The summed E-state index contributed by atoms with van der Waals surface area (Å²) < 4.78 is 0. The van der Waals surface area contributed by atoms with Crippen LogP contribution in [0.4, 0.5) is 0 Å². The molecule has 1 aromatic carbocycles. The molecular formula is C14H12Cl2N2O. The Kier molecular flexibility index (Phi) is 4.77. The van der Waals surface area contributed by atoms with Gasteiger partial charge < -0.3 is 5.32 Å². The zero-order valence-corrected chi connectivity index (χ0v) is 11.6. The summed E-state index contributed by atoms with van der Waals surface area (Å²) in [4.78, 5) is 15.8. The van der Waals surface area contributed by atoms with Gasteiger partial charge in [0.25, 0.3) is 0 Å². The van der Waals surface area contributed by atoms with Crippen molar-refractivity contribution in [3.63, 3.8) is 0 Å². The second-order valence-electron chi connectivity index (χ2n) is 4.01. The number of aromatic nitrogens is 1. The van der Waals surface area contributed by atoms with E-state index in [-0.39, 0.29) is 12.3 Å². The standard InChI is InChI=1S/C14H12Cl2N2O/c15-12-4-1-5-13(16)11(12)7-14(19)18-9-10-3-2-6-17-8-10/h1-6,8H,7,9H2,(H,18,19). The van der Waals surface area contributed by atoms with Crippen molar-refractivity contribution in [1.82, 2.24) is 10.3 Å². The van der Waals surface area contributed by atoms with Crippen molar-refractivity contribution in [2.45, 2.75) is 13.0 Å². The summed E-state index contributed by atoms with van der Waals surface area (Å²) in [5.74, 6) is -0.126. The molecule has 0 radical (unpaired) electrons. The predicted molar refractivity (Wildman–Crippen MR) is 76.2 cm³/mol. The minimum atomic E-state index is -0.126.